The Morgan fingerprint density at radius 1 is 0.889 bits per heavy atom. The largest absolute Gasteiger partial charge is 0.449 e. The van der Waals surface area contributed by atoms with Crippen LogP contribution in [0.4, 0.5) is 4.79 Å². The second kappa shape index (κ2) is 16.7. The molecule has 1 saturated heterocycles. The third kappa shape index (κ3) is 9.23. The number of piperazine rings is 1. The lowest BCUT2D eigenvalue weighted by molar-refractivity contribution is -0.134. The number of hydrogen-bond donors (Lipinski definition) is 1. The van der Waals surface area contributed by atoms with Gasteiger partial charge in [0.05, 0.1) is 30.9 Å². The Balaban J connectivity index is 1.59. The van der Waals surface area contributed by atoms with Gasteiger partial charge >= 0.3 is 13.7 Å². The van der Waals surface area contributed by atoms with Crippen molar-refractivity contribution < 1.29 is 32.7 Å². The predicted molar refractivity (Wildman–Crippen MR) is 174 cm³/mol. The quantitative estimate of drug-likeness (QED) is 0.167. The van der Waals surface area contributed by atoms with E-state index in [4.69, 9.17) is 18.8 Å². The number of amides is 3. The average molecular weight is 657 g/mol. The fourth-order valence-corrected chi connectivity index (χ4v) is 7.70. The number of benzene rings is 2. The molecule has 1 N–H and O–H groups in total. The van der Waals surface area contributed by atoms with Crippen molar-refractivity contribution in [3.63, 3.8) is 0 Å². The summed E-state index contributed by atoms with van der Waals surface area (Å²) in [6, 6.07) is 17.8. The molecule has 1 fully saturated rings. The summed E-state index contributed by atoms with van der Waals surface area (Å²) in [6.45, 7) is 6.96. The maximum absolute atomic E-state index is 14.0. The van der Waals surface area contributed by atoms with Crippen LogP contribution < -0.4 is 5.32 Å². The molecule has 0 radical (unpaired) electrons. The predicted octanol–water partition coefficient (Wildman–Crippen LogP) is 5.92. The van der Waals surface area contributed by atoms with Gasteiger partial charge in [-0.1, -0.05) is 74.0 Å². The van der Waals surface area contributed by atoms with Gasteiger partial charge in [-0.3, -0.25) is 14.2 Å². The molecule has 45 heavy (non-hydrogen) atoms. The van der Waals surface area contributed by atoms with E-state index in [1.165, 1.54) is 11.3 Å². The SMILES string of the molecule is CCCCOC(=O)N1CCN(C(=O)[C@H](CP(=O)(OCC)OCC)NC(=O)c2nc(-c3ccccc3)sc2-c2ccccc2)CC1. The maximum atomic E-state index is 14.0. The zero-order valence-electron chi connectivity index (χ0n) is 26.0. The molecule has 0 unspecified atom stereocenters. The summed E-state index contributed by atoms with van der Waals surface area (Å²) in [6.07, 6.45) is 0.929. The molecule has 1 aliphatic heterocycles. The van der Waals surface area contributed by atoms with Crippen LogP contribution in [0, 0.1) is 0 Å². The first-order chi connectivity index (χ1) is 21.8. The molecule has 4 rings (SSSR count). The fraction of sp³-hybridized carbons (Fsp3) is 0.438. The van der Waals surface area contributed by atoms with E-state index < -0.39 is 31.5 Å². The molecule has 11 nitrogen and oxygen atoms in total. The minimum Gasteiger partial charge on any atom is -0.449 e. The standard InChI is InChI=1S/C32H41N4O7PS/c1-4-7-22-41-32(39)36-20-18-35(19-21-36)31(38)26(23-44(40,42-5-2)43-6-3)33-29(37)27-28(24-14-10-8-11-15-24)45-30(34-27)25-16-12-9-13-17-25/h8-17,26H,4-7,18-23H2,1-3H3,(H,33,37)/t26-/m0/s1. The van der Waals surface area contributed by atoms with Crippen molar-refractivity contribution in [3.05, 3.63) is 66.4 Å². The molecule has 0 aliphatic carbocycles. The molecule has 0 bridgehead atoms. The zero-order valence-corrected chi connectivity index (χ0v) is 27.7. The first-order valence-electron chi connectivity index (χ1n) is 15.3. The highest BCUT2D eigenvalue weighted by molar-refractivity contribution is 7.54. The summed E-state index contributed by atoms with van der Waals surface area (Å²) in [5, 5.41) is 3.47. The molecule has 242 valence electrons. The smallest absolute Gasteiger partial charge is 0.409 e. The molecule has 1 aromatic heterocycles. The van der Waals surface area contributed by atoms with Crippen LogP contribution in [-0.2, 0) is 23.1 Å². The Kier molecular flexibility index (Phi) is 12.7. The molecule has 3 amide bonds. The van der Waals surface area contributed by atoms with Gasteiger partial charge in [0.2, 0.25) is 5.91 Å². The van der Waals surface area contributed by atoms with Gasteiger partial charge in [0.25, 0.3) is 5.91 Å². The molecule has 3 aromatic rings. The summed E-state index contributed by atoms with van der Waals surface area (Å²) in [7, 11) is -3.75. The van der Waals surface area contributed by atoms with E-state index in [0.29, 0.717) is 16.5 Å². The summed E-state index contributed by atoms with van der Waals surface area (Å²) < 4.78 is 29.9. The minimum absolute atomic E-state index is 0.107. The van der Waals surface area contributed by atoms with Crippen LogP contribution in [0.5, 0.6) is 0 Å². The Bertz CT molecular complexity index is 1450. The molecular weight excluding hydrogens is 615 g/mol. The topological polar surface area (TPSA) is 127 Å². The minimum atomic E-state index is -3.75. The summed E-state index contributed by atoms with van der Waals surface area (Å²) in [4.78, 5) is 48.8. The molecule has 0 saturated carbocycles. The number of carbonyl (C=O) groups excluding carboxylic acids is 3. The van der Waals surface area contributed by atoms with E-state index in [2.05, 4.69) is 5.32 Å². The number of rotatable bonds is 14. The molecule has 1 aliphatic rings. The van der Waals surface area contributed by atoms with Crippen LogP contribution in [0.2, 0.25) is 0 Å². The monoisotopic (exact) mass is 656 g/mol. The maximum Gasteiger partial charge on any atom is 0.409 e. The van der Waals surface area contributed by atoms with Gasteiger partial charge in [0, 0.05) is 31.7 Å². The van der Waals surface area contributed by atoms with Crippen molar-refractivity contribution in [2.75, 3.05) is 52.2 Å². The van der Waals surface area contributed by atoms with Crippen molar-refractivity contribution in [2.24, 2.45) is 0 Å². The summed E-state index contributed by atoms with van der Waals surface area (Å²) in [5.74, 6) is -1.02. The van der Waals surface area contributed by atoms with Crippen LogP contribution in [0.1, 0.15) is 44.1 Å². The van der Waals surface area contributed by atoms with Crippen LogP contribution in [-0.4, -0.2) is 90.9 Å². The van der Waals surface area contributed by atoms with Crippen molar-refractivity contribution in [1.29, 1.82) is 0 Å². The van der Waals surface area contributed by atoms with E-state index in [1.54, 1.807) is 23.6 Å². The highest BCUT2D eigenvalue weighted by Gasteiger charge is 2.38. The summed E-state index contributed by atoms with van der Waals surface area (Å²) in [5.41, 5.74) is 1.82. The molecule has 0 spiro atoms. The number of aromatic nitrogens is 1. The molecule has 2 aromatic carbocycles. The van der Waals surface area contributed by atoms with Crippen LogP contribution in [0.3, 0.4) is 0 Å². The number of thiazole rings is 1. The van der Waals surface area contributed by atoms with E-state index in [9.17, 15) is 18.9 Å². The van der Waals surface area contributed by atoms with Gasteiger partial charge in [-0.05, 0) is 25.8 Å². The van der Waals surface area contributed by atoms with Crippen LogP contribution in [0.25, 0.3) is 21.0 Å². The molecule has 1 atom stereocenters. The van der Waals surface area contributed by atoms with Gasteiger partial charge in [-0.2, -0.15) is 0 Å². The molecule has 13 heteroatoms. The Morgan fingerprint density at radius 2 is 1.47 bits per heavy atom. The number of hydrogen-bond acceptors (Lipinski definition) is 9. The van der Waals surface area contributed by atoms with Crippen molar-refractivity contribution in [3.8, 4) is 21.0 Å². The molecule has 2 heterocycles. The first kappa shape index (κ1) is 34.3. The number of ether oxygens (including phenoxy) is 1. The van der Waals surface area contributed by atoms with Gasteiger partial charge in [0.1, 0.15) is 16.7 Å². The second-order valence-electron chi connectivity index (χ2n) is 10.4. The third-order valence-corrected chi connectivity index (χ3v) is 10.4. The Labute approximate surface area is 268 Å². The number of unbranched alkanes of at least 4 members (excludes halogenated alkanes) is 1. The highest BCUT2D eigenvalue weighted by Crippen LogP contribution is 2.48. The first-order valence-corrected chi connectivity index (χ1v) is 17.8. The van der Waals surface area contributed by atoms with E-state index in [-0.39, 0.29) is 51.2 Å². The van der Waals surface area contributed by atoms with E-state index >= 15 is 0 Å². The Morgan fingerprint density at radius 3 is 2.04 bits per heavy atom. The zero-order chi connectivity index (χ0) is 32.2. The fourth-order valence-electron chi connectivity index (χ4n) is 4.86. The van der Waals surface area contributed by atoms with E-state index in [1.807, 2.05) is 67.6 Å². The highest BCUT2D eigenvalue weighted by atomic mass is 32.1. The van der Waals surface area contributed by atoms with Crippen molar-refractivity contribution >= 4 is 36.8 Å². The number of nitrogens with one attached hydrogen (secondary N) is 1. The molecular formula is C32H41N4O7PS. The van der Waals surface area contributed by atoms with Crippen molar-refractivity contribution in [1.82, 2.24) is 20.1 Å². The van der Waals surface area contributed by atoms with Crippen LogP contribution in [0.15, 0.2) is 60.7 Å². The average Bonchev–Trinajstić information content (AvgIpc) is 3.51. The Hall–Kier alpha value is -3.57. The van der Waals surface area contributed by atoms with Gasteiger partial charge in [-0.25, -0.2) is 9.78 Å². The normalized spacial score (nSPS) is 14.2. The van der Waals surface area contributed by atoms with Crippen LogP contribution >= 0.6 is 18.9 Å². The van der Waals surface area contributed by atoms with E-state index in [0.717, 1.165) is 24.0 Å². The number of nitrogens with zero attached hydrogens (tertiary/aromatic N) is 3. The lowest BCUT2D eigenvalue weighted by atomic mass is 10.1. The second-order valence-corrected chi connectivity index (χ2v) is 13.5. The van der Waals surface area contributed by atoms with Gasteiger partial charge < -0.3 is 28.9 Å². The summed E-state index contributed by atoms with van der Waals surface area (Å²) >= 11 is 1.38. The lowest BCUT2D eigenvalue weighted by Gasteiger charge is -2.36. The van der Waals surface area contributed by atoms with Gasteiger partial charge in [0.15, 0.2) is 0 Å². The third-order valence-electron chi connectivity index (χ3n) is 7.13. The lowest BCUT2D eigenvalue weighted by Crippen LogP contribution is -2.57. The van der Waals surface area contributed by atoms with Crippen molar-refractivity contribution in [2.45, 2.75) is 39.7 Å². The van der Waals surface area contributed by atoms with Gasteiger partial charge in [-0.15, -0.1) is 11.3 Å². The number of carbonyl (C=O) groups is 3.